The van der Waals surface area contributed by atoms with Gasteiger partial charge >= 0.3 is 0 Å². The molecule has 1 atom stereocenters. The number of aryl methyl sites for hydroxylation is 1. The van der Waals surface area contributed by atoms with E-state index in [9.17, 15) is 14.3 Å². The number of hydrogen-bond donors (Lipinski definition) is 1. The van der Waals surface area contributed by atoms with Crippen LogP contribution in [0.3, 0.4) is 0 Å². The number of carbonyl (C=O) groups excluding carboxylic acids is 1. The van der Waals surface area contributed by atoms with Crippen molar-refractivity contribution in [2.45, 2.75) is 57.7 Å². The number of amides is 1. The monoisotopic (exact) mass is 423 g/mol. The molecule has 1 fully saturated rings. The number of anilines is 1. The molecule has 30 heavy (non-hydrogen) atoms. The van der Waals surface area contributed by atoms with E-state index in [1.54, 1.807) is 24.5 Å². The molecule has 1 saturated carbocycles. The normalized spacial score (nSPS) is 16.1. The van der Waals surface area contributed by atoms with Crippen LogP contribution in [0.2, 0.25) is 0 Å². The highest BCUT2D eigenvalue weighted by atomic mass is 32.2. The van der Waals surface area contributed by atoms with Crippen molar-refractivity contribution in [3.63, 3.8) is 0 Å². The lowest BCUT2D eigenvalue weighted by Crippen LogP contribution is -2.15. The minimum Gasteiger partial charge on any atom is -0.346 e. The fraction of sp³-hybridized carbons (Fsp3) is 0.417. The number of nitrogens with zero attached hydrogens (tertiary/aromatic N) is 2. The number of hydrogen-bond acceptors (Lipinski definition) is 3. The van der Waals surface area contributed by atoms with E-state index in [1.807, 2.05) is 18.2 Å². The Hall–Kier alpha value is -2.65. The van der Waals surface area contributed by atoms with Crippen LogP contribution in [0.25, 0.3) is 6.08 Å². The third-order valence-electron chi connectivity index (χ3n) is 5.68. The summed E-state index contributed by atoms with van der Waals surface area (Å²) in [6.07, 6.45) is 9.51. The smallest absolute Gasteiger partial charge is 0.266 e. The minimum atomic E-state index is -0.958. The summed E-state index contributed by atoms with van der Waals surface area (Å²) in [4.78, 5) is 12.7. The van der Waals surface area contributed by atoms with Gasteiger partial charge in [-0.25, -0.2) is 0 Å². The van der Waals surface area contributed by atoms with Crippen LogP contribution >= 0.6 is 0 Å². The third-order valence-corrected chi connectivity index (χ3v) is 6.42. The van der Waals surface area contributed by atoms with Crippen LogP contribution < -0.4 is 5.32 Å². The lowest BCUT2D eigenvalue weighted by molar-refractivity contribution is -0.112. The average molecular weight is 424 g/mol. The lowest BCUT2D eigenvalue weighted by atomic mass is 9.95. The molecule has 1 aromatic carbocycles. The van der Waals surface area contributed by atoms with E-state index in [1.165, 1.54) is 37.8 Å². The third kappa shape index (κ3) is 5.28. The molecule has 1 aliphatic rings. The molecule has 0 spiro atoms. The van der Waals surface area contributed by atoms with E-state index in [0.29, 0.717) is 17.5 Å². The largest absolute Gasteiger partial charge is 0.346 e. The molecule has 1 amide bonds. The number of benzene rings is 1. The first-order valence-electron chi connectivity index (χ1n) is 10.4. The SMILES string of the molecule is Cc1cc(/C=C(\C#N)C(=O)Nc2cccc(CS(C)=O)c2)c(C)n1C1CCCCC1. The van der Waals surface area contributed by atoms with Crippen molar-refractivity contribution in [2.75, 3.05) is 11.6 Å². The van der Waals surface area contributed by atoms with E-state index in [0.717, 1.165) is 16.8 Å². The molecule has 0 saturated heterocycles. The van der Waals surface area contributed by atoms with Gasteiger partial charge in [0, 0.05) is 45.9 Å². The maximum absolute atomic E-state index is 12.7. The second kappa shape index (κ2) is 9.90. The average Bonchev–Trinajstić information content (AvgIpc) is 2.99. The molecular formula is C24H29N3O2S. The molecule has 0 radical (unpaired) electrons. The summed E-state index contributed by atoms with van der Waals surface area (Å²) in [5.74, 6) is -0.00704. The Bertz CT molecular complexity index is 1020. The fourth-order valence-corrected chi connectivity index (χ4v) is 4.97. The van der Waals surface area contributed by atoms with Crippen molar-refractivity contribution in [1.82, 2.24) is 4.57 Å². The lowest BCUT2D eigenvalue weighted by Gasteiger charge is -2.26. The van der Waals surface area contributed by atoms with E-state index in [2.05, 4.69) is 29.8 Å². The first-order chi connectivity index (χ1) is 14.4. The topological polar surface area (TPSA) is 74.9 Å². The van der Waals surface area contributed by atoms with Crippen LogP contribution in [0.1, 0.15) is 60.7 Å². The molecule has 0 bridgehead atoms. The van der Waals surface area contributed by atoms with Gasteiger partial charge in [-0.1, -0.05) is 31.4 Å². The summed E-state index contributed by atoms with van der Waals surface area (Å²) in [6.45, 7) is 4.16. The number of aromatic nitrogens is 1. The van der Waals surface area contributed by atoms with E-state index < -0.39 is 16.7 Å². The second-order valence-electron chi connectivity index (χ2n) is 8.03. The second-order valence-corrected chi connectivity index (χ2v) is 9.47. The zero-order valence-corrected chi connectivity index (χ0v) is 18.7. The number of nitrogens with one attached hydrogen (secondary N) is 1. The van der Waals surface area contributed by atoms with Gasteiger partial charge in [0.05, 0.1) is 0 Å². The molecule has 3 rings (SSSR count). The van der Waals surface area contributed by atoms with Crippen LogP contribution in [-0.4, -0.2) is 20.9 Å². The summed E-state index contributed by atoms with van der Waals surface area (Å²) >= 11 is 0. The Morgan fingerprint density at radius 3 is 2.67 bits per heavy atom. The van der Waals surface area contributed by atoms with Gasteiger partial charge in [0.2, 0.25) is 0 Å². The van der Waals surface area contributed by atoms with Crippen LogP contribution in [0.15, 0.2) is 35.9 Å². The van der Waals surface area contributed by atoms with Crippen molar-refractivity contribution >= 4 is 28.5 Å². The summed E-state index contributed by atoms with van der Waals surface area (Å²) in [6, 6.07) is 11.9. The first kappa shape index (κ1) is 22.0. The fourth-order valence-electron chi connectivity index (χ4n) is 4.33. The summed E-state index contributed by atoms with van der Waals surface area (Å²) in [5.41, 5.74) is 4.74. The molecule has 1 heterocycles. The van der Waals surface area contributed by atoms with Crippen LogP contribution in [0.4, 0.5) is 5.69 Å². The van der Waals surface area contributed by atoms with Gasteiger partial charge in [0.25, 0.3) is 5.91 Å². The number of carbonyl (C=O) groups is 1. The molecule has 2 aromatic rings. The zero-order chi connectivity index (χ0) is 21.7. The molecule has 1 aromatic heterocycles. The van der Waals surface area contributed by atoms with Crippen LogP contribution in [0.5, 0.6) is 0 Å². The predicted molar refractivity (Wildman–Crippen MR) is 122 cm³/mol. The maximum atomic E-state index is 12.7. The predicted octanol–water partition coefficient (Wildman–Crippen LogP) is 5.03. The summed E-state index contributed by atoms with van der Waals surface area (Å²) in [5, 5.41) is 12.4. The van der Waals surface area contributed by atoms with Crippen molar-refractivity contribution in [3.05, 3.63) is 58.4 Å². The van der Waals surface area contributed by atoms with E-state index in [-0.39, 0.29) is 5.57 Å². The molecule has 0 aliphatic heterocycles. The quantitative estimate of drug-likeness (QED) is 0.523. The maximum Gasteiger partial charge on any atom is 0.266 e. The highest BCUT2D eigenvalue weighted by Gasteiger charge is 2.20. The highest BCUT2D eigenvalue weighted by molar-refractivity contribution is 7.83. The number of nitriles is 1. The zero-order valence-electron chi connectivity index (χ0n) is 17.9. The Morgan fingerprint density at radius 2 is 2.00 bits per heavy atom. The molecule has 158 valence electrons. The Kier molecular flexibility index (Phi) is 7.28. The van der Waals surface area contributed by atoms with Gasteiger partial charge in [-0.3, -0.25) is 9.00 Å². The Balaban J connectivity index is 1.81. The Labute approximate surface area is 181 Å². The number of rotatable bonds is 6. The van der Waals surface area contributed by atoms with Crippen molar-refractivity contribution in [2.24, 2.45) is 0 Å². The molecule has 1 unspecified atom stereocenters. The Morgan fingerprint density at radius 1 is 1.27 bits per heavy atom. The molecule has 6 heteroatoms. The van der Waals surface area contributed by atoms with Crippen molar-refractivity contribution in [1.29, 1.82) is 5.26 Å². The first-order valence-corrected chi connectivity index (χ1v) is 12.1. The van der Waals surface area contributed by atoms with Crippen LogP contribution in [-0.2, 0) is 21.3 Å². The summed E-state index contributed by atoms with van der Waals surface area (Å²) in [7, 11) is -0.958. The van der Waals surface area contributed by atoms with Gasteiger partial charge < -0.3 is 9.88 Å². The highest BCUT2D eigenvalue weighted by Crippen LogP contribution is 2.32. The standard InChI is InChI=1S/C24H29N3O2S/c1-17-12-20(18(2)27(17)23-10-5-4-6-11-23)14-21(15-25)24(28)26-22-9-7-8-19(13-22)16-30(3)29/h7-9,12-14,23H,4-6,10-11,16H2,1-3H3,(H,26,28)/b21-14+. The minimum absolute atomic E-state index is 0.0726. The van der Waals surface area contributed by atoms with Crippen molar-refractivity contribution in [3.8, 4) is 6.07 Å². The summed E-state index contributed by atoms with van der Waals surface area (Å²) < 4.78 is 13.8. The van der Waals surface area contributed by atoms with Gasteiger partial charge in [0.15, 0.2) is 0 Å². The van der Waals surface area contributed by atoms with Gasteiger partial charge in [-0.2, -0.15) is 5.26 Å². The van der Waals surface area contributed by atoms with Gasteiger partial charge in [-0.05, 0) is 62.1 Å². The van der Waals surface area contributed by atoms with Gasteiger partial charge in [0.1, 0.15) is 11.6 Å². The van der Waals surface area contributed by atoms with Gasteiger partial charge in [-0.15, -0.1) is 0 Å². The molecule has 1 N–H and O–H groups in total. The molecule has 5 nitrogen and oxygen atoms in total. The van der Waals surface area contributed by atoms with E-state index >= 15 is 0 Å². The van der Waals surface area contributed by atoms with E-state index in [4.69, 9.17) is 0 Å². The molecular weight excluding hydrogens is 394 g/mol. The molecule has 1 aliphatic carbocycles. The van der Waals surface area contributed by atoms with Crippen molar-refractivity contribution < 1.29 is 9.00 Å². The van der Waals surface area contributed by atoms with Crippen LogP contribution in [0, 0.1) is 25.2 Å².